The van der Waals surface area contributed by atoms with Crippen LogP contribution in [0.4, 0.5) is 0 Å². The van der Waals surface area contributed by atoms with Crippen LogP contribution in [-0.4, -0.2) is 5.78 Å². The fourth-order valence-corrected chi connectivity index (χ4v) is 3.97. The van der Waals surface area contributed by atoms with E-state index in [0.717, 1.165) is 18.6 Å². The summed E-state index contributed by atoms with van der Waals surface area (Å²) in [5.74, 6) is 2.02. The van der Waals surface area contributed by atoms with E-state index in [9.17, 15) is 4.79 Å². The van der Waals surface area contributed by atoms with Gasteiger partial charge in [0.25, 0.3) is 0 Å². The van der Waals surface area contributed by atoms with Gasteiger partial charge in [0, 0.05) is 22.0 Å². The minimum absolute atomic E-state index is 0.321. The summed E-state index contributed by atoms with van der Waals surface area (Å²) in [5.41, 5.74) is 5.21. The Morgan fingerprint density at radius 2 is 2.00 bits per heavy atom. The molecule has 2 aromatic carbocycles. The standard InChI is InChI=1S/C23H27IO2/c1-3-16-8-13-23(20(14-16)18-9-10-18)26-15-21-17(6-5-7-22(21)24)11-12-19(25)4-2/h5-8,13-14,18H,3-4,9-12,15H2,1-2H3. The highest BCUT2D eigenvalue weighted by Gasteiger charge is 2.27. The van der Waals surface area contributed by atoms with Gasteiger partial charge in [-0.15, -0.1) is 0 Å². The largest absolute Gasteiger partial charge is 0.489 e. The van der Waals surface area contributed by atoms with Crippen molar-refractivity contribution >= 4 is 28.4 Å². The van der Waals surface area contributed by atoms with Crippen LogP contribution in [0.15, 0.2) is 36.4 Å². The van der Waals surface area contributed by atoms with Crippen LogP contribution in [0.1, 0.15) is 67.7 Å². The minimum Gasteiger partial charge on any atom is -0.489 e. The Balaban J connectivity index is 1.76. The van der Waals surface area contributed by atoms with Gasteiger partial charge in [0.2, 0.25) is 0 Å². The summed E-state index contributed by atoms with van der Waals surface area (Å²) in [7, 11) is 0. The first-order valence-electron chi connectivity index (χ1n) is 9.66. The zero-order valence-corrected chi connectivity index (χ0v) is 17.8. The average Bonchev–Trinajstić information content (AvgIpc) is 3.50. The highest BCUT2D eigenvalue weighted by atomic mass is 127. The number of rotatable bonds is 9. The highest BCUT2D eigenvalue weighted by Crippen LogP contribution is 2.45. The van der Waals surface area contributed by atoms with Gasteiger partial charge in [-0.2, -0.15) is 0 Å². The molecular formula is C23H27IO2. The Labute approximate surface area is 170 Å². The molecule has 0 radical (unpaired) electrons. The Bertz CT molecular complexity index is 778. The maximum Gasteiger partial charge on any atom is 0.132 e. The summed E-state index contributed by atoms with van der Waals surface area (Å²) in [5, 5.41) is 0. The topological polar surface area (TPSA) is 26.3 Å². The molecule has 0 atom stereocenters. The zero-order chi connectivity index (χ0) is 18.5. The molecule has 0 aromatic heterocycles. The van der Waals surface area contributed by atoms with Gasteiger partial charge in [-0.05, 0) is 83.0 Å². The molecule has 1 saturated carbocycles. The van der Waals surface area contributed by atoms with Gasteiger partial charge in [-0.1, -0.05) is 38.1 Å². The van der Waals surface area contributed by atoms with Crippen molar-refractivity contribution in [1.29, 1.82) is 0 Å². The smallest absolute Gasteiger partial charge is 0.132 e. The van der Waals surface area contributed by atoms with Crippen LogP contribution in [-0.2, 0) is 24.2 Å². The lowest BCUT2D eigenvalue weighted by Crippen LogP contribution is -2.06. The lowest BCUT2D eigenvalue weighted by atomic mass is 10.0. The van der Waals surface area contributed by atoms with Crippen molar-refractivity contribution in [3.63, 3.8) is 0 Å². The zero-order valence-electron chi connectivity index (χ0n) is 15.7. The molecule has 1 aliphatic rings. The predicted octanol–water partition coefficient (Wildman–Crippen LogP) is 6.22. The maximum absolute atomic E-state index is 11.7. The summed E-state index contributed by atoms with van der Waals surface area (Å²) in [6.45, 7) is 4.70. The molecule has 26 heavy (non-hydrogen) atoms. The van der Waals surface area contributed by atoms with Crippen LogP contribution in [0.25, 0.3) is 0 Å². The molecule has 0 amide bonds. The van der Waals surface area contributed by atoms with Crippen LogP contribution < -0.4 is 4.74 Å². The number of hydrogen-bond acceptors (Lipinski definition) is 2. The minimum atomic E-state index is 0.321. The van der Waals surface area contributed by atoms with E-state index in [1.54, 1.807) is 0 Å². The maximum atomic E-state index is 11.7. The quantitative estimate of drug-likeness (QED) is 0.414. The number of benzene rings is 2. The third-order valence-electron chi connectivity index (χ3n) is 5.16. The van der Waals surface area contributed by atoms with Crippen molar-refractivity contribution in [2.24, 2.45) is 0 Å². The average molecular weight is 462 g/mol. The summed E-state index contributed by atoms with van der Waals surface area (Å²) >= 11 is 2.38. The number of hydrogen-bond donors (Lipinski definition) is 0. The van der Waals surface area contributed by atoms with Crippen molar-refractivity contribution in [2.75, 3.05) is 0 Å². The molecule has 3 heteroatoms. The molecule has 0 N–H and O–H groups in total. The van der Waals surface area contributed by atoms with E-state index in [0.29, 0.717) is 31.1 Å². The molecule has 0 heterocycles. The molecule has 0 aliphatic heterocycles. The Morgan fingerprint density at radius 3 is 2.69 bits per heavy atom. The molecule has 2 aromatic rings. The Kier molecular flexibility index (Phi) is 6.74. The third kappa shape index (κ3) is 4.87. The van der Waals surface area contributed by atoms with Gasteiger partial charge in [0.15, 0.2) is 0 Å². The normalized spacial score (nSPS) is 13.7. The molecule has 0 spiro atoms. The molecule has 3 rings (SSSR count). The summed E-state index contributed by atoms with van der Waals surface area (Å²) in [6.07, 6.45) is 5.64. The highest BCUT2D eigenvalue weighted by molar-refractivity contribution is 14.1. The van der Waals surface area contributed by atoms with Crippen LogP contribution in [0.5, 0.6) is 5.75 Å². The van der Waals surface area contributed by atoms with Gasteiger partial charge < -0.3 is 4.74 Å². The molecule has 138 valence electrons. The lowest BCUT2D eigenvalue weighted by molar-refractivity contribution is -0.118. The third-order valence-corrected chi connectivity index (χ3v) is 6.17. The van der Waals surface area contributed by atoms with E-state index in [1.807, 2.05) is 6.92 Å². The van der Waals surface area contributed by atoms with Crippen molar-refractivity contribution in [1.82, 2.24) is 0 Å². The number of carbonyl (C=O) groups excluding carboxylic acids is 1. The molecule has 2 nitrogen and oxygen atoms in total. The molecule has 0 saturated heterocycles. The monoisotopic (exact) mass is 462 g/mol. The van der Waals surface area contributed by atoms with E-state index < -0.39 is 0 Å². The molecular weight excluding hydrogens is 435 g/mol. The molecule has 1 aliphatic carbocycles. The van der Waals surface area contributed by atoms with E-state index in [-0.39, 0.29) is 0 Å². The molecule has 1 fully saturated rings. The van der Waals surface area contributed by atoms with Gasteiger partial charge >= 0.3 is 0 Å². The van der Waals surface area contributed by atoms with Crippen molar-refractivity contribution in [3.05, 3.63) is 62.2 Å². The summed E-state index contributed by atoms with van der Waals surface area (Å²) in [6, 6.07) is 13.0. The van der Waals surface area contributed by atoms with E-state index in [4.69, 9.17) is 4.74 Å². The second kappa shape index (κ2) is 9.03. The van der Waals surface area contributed by atoms with Crippen LogP contribution in [0.2, 0.25) is 0 Å². The van der Waals surface area contributed by atoms with Crippen LogP contribution in [0.3, 0.4) is 0 Å². The molecule has 0 bridgehead atoms. The van der Waals surface area contributed by atoms with Crippen molar-refractivity contribution in [3.8, 4) is 5.75 Å². The first-order chi connectivity index (χ1) is 12.6. The predicted molar refractivity (Wildman–Crippen MR) is 115 cm³/mol. The second-order valence-corrected chi connectivity index (χ2v) is 8.22. The Hall–Kier alpha value is -1.36. The van der Waals surface area contributed by atoms with E-state index >= 15 is 0 Å². The van der Waals surface area contributed by atoms with Crippen LogP contribution >= 0.6 is 22.6 Å². The number of carbonyl (C=O) groups is 1. The number of halogens is 1. The SMILES string of the molecule is CCC(=O)CCc1cccc(I)c1COc1ccc(CC)cc1C1CC1. The second-order valence-electron chi connectivity index (χ2n) is 7.06. The van der Waals surface area contributed by atoms with Crippen molar-refractivity contribution in [2.45, 2.75) is 64.9 Å². The molecule has 0 unspecified atom stereocenters. The van der Waals surface area contributed by atoms with Gasteiger partial charge in [0.1, 0.15) is 18.1 Å². The van der Waals surface area contributed by atoms with E-state index in [1.165, 1.54) is 38.7 Å². The number of Topliss-reactive ketones (excluding diaryl/α,β-unsaturated/α-hetero) is 1. The summed E-state index contributed by atoms with van der Waals surface area (Å²) in [4.78, 5) is 11.7. The fourth-order valence-electron chi connectivity index (χ4n) is 3.26. The summed E-state index contributed by atoms with van der Waals surface area (Å²) < 4.78 is 7.50. The first-order valence-corrected chi connectivity index (χ1v) is 10.7. The van der Waals surface area contributed by atoms with Crippen LogP contribution in [0, 0.1) is 3.57 Å². The lowest BCUT2D eigenvalue weighted by Gasteiger charge is -2.16. The Morgan fingerprint density at radius 1 is 1.19 bits per heavy atom. The fraction of sp³-hybridized carbons (Fsp3) is 0.435. The number of aryl methyl sites for hydroxylation is 2. The number of ether oxygens (including phenoxy) is 1. The van der Waals surface area contributed by atoms with Gasteiger partial charge in [-0.3, -0.25) is 4.79 Å². The van der Waals surface area contributed by atoms with Gasteiger partial charge in [-0.25, -0.2) is 0 Å². The first kappa shape index (κ1) is 19.4. The van der Waals surface area contributed by atoms with Crippen molar-refractivity contribution < 1.29 is 9.53 Å². The van der Waals surface area contributed by atoms with E-state index in [2.05, 4.69) is 65.9 Å². The number of ketones is 1. The van der Waals surface area contributed by atoms with Gasteiger partial charge in [0.05, 0.1) is 0 Å².